The molecule has 5 heteroatoms. The molecule has 2 N–H and O–H groups in total. The maximum absolute atomic E-state index is 5.82. The molecule has 2 aromatic rings. The molecular weight excluding hydrogens is 234 g/mol. The van der Waals surface area contributed by atoms with Crippen molar-refractivity contribution in [2.75, 3.05) is 13.6 Å². The SMILES string of the molecule is Cc1ncsc1CN(C)C(CN)c1ccco1. The van der Waals surface area contributed by atoms with Crippen LogP contribution in [0.3, 0.4) is 0 Å². The van der Waals surface area contributed by atoms with E-state index in [1.165, 1.54) is 4.88 Å². The molecule has 1 atom stereocenters. The Labute approximate surface area is 105 Å². The largest absolute Gasteiger partial charge is 0.468 e. The van der Waals surface area contributed by atoms with Crippen molar-refractivity contribution >= 4 is 11.3 Å². The van der Waals surface area contributed by atoms with Crippen molar-refractivity contribution in [3.8, 4) is 0 Å². The highest BCUT2D eigenvalue weighted by molar-refractivity contribution is 7.09. The first-order chi connectivity index (χ1) is 8.22. The van der Waals surface area contributed by atoms with Gasteiger partial charge in [0.1, 0.15) is 5.76 Å². The van der Waals surface area contributed by atoms with E-state index in [4.69, 9.17) is 10.2 Å². The average Bonchev–Trinajstić information content (AvgIpc) is 2.93. The van der Waals surface area contributed by atoms with E-state index >= 15 is 0 Å². The highest BCUT2D eigenvalue weighted by atomic mass is 32.1. The van der Waals surface area contributed by atoms with Crippen LogP contribution < -0.4 is 5.73 Å². The zero-order valence-electron chi connectivity index (χ0n) is 10.1. The van der Waals surface area contributed by atoms with Crippen molar-refractivity contribution in [2.24, 2.45) is 5.73 Å². The number of nitrogens with zero attached hydrogens (tertiary/aromatic N) is 2. The van der Waals surface area contributed by atoms with E-state index in [2.05, 4.69) is 16.9 Å². The van der Waals surface area contributed by atoms with Crippen molar-refractivity contribution in [1.29, 1.82) is 0 Å². The quantitative estimate of drug-likeness (QED) is 0.885. The number of thiazole rings is 1. The van der Waals surface area contributed by atoms with Gasteiger partial charge in [-0.3, -0.25) is 4.90 Å². The van der Waals surface area contributed by atoms with Gasteiger partial charge in [-0.2, -0.15) is 0 Å². The molecule has 0 saturated carbocycles. The number of likely N-dealkylation sites (N-methyl/N-ethyl adjacent to an activating group) is 1. The molecule has 17 heavy (non-hydrogen) atoms. The first-order valence-electron chi connectivity index (χ1n) is 5.55. The number of nitrogens with two attached hydrogens (primary N) is 1. The molecule has 0 aromatic carbocycles. The predicted octanol–water partition coefficient (Wildman–Crippen LogP) is 2.18. The number of hydrogen-bond acceptors (Lipinski definition) is 5. The van der Waals surface area contributed by atoms with Crippen LogP contribution in [0.5, 0.6) is 0 Å². The second kappa shape index (κ2) is 5.44. The van der Waals surface area contributed by atoms with Crippen LogP contribution in [-0.4, -0.2) is 23.5 Å². The Morgan fingerprint density at radius 2 is 2.41 bits per heavy atom. The first kappa shape index (κ1) is 12.3. The van der Waals surface area contributed by atoms with Crippen molar-refractivity contribution in [1.82, 2.24) is 9.88 Å². The normalized spacial score (nSPS) is 13.2. The van der Waals surface area contributed by atoms with Crippen molar-refractivity contribution in [3.05, 3.63) is 40.2 Å². The Kier molecular flexibility index (Phi) is 3.93. The minimum atomic E-state index is 0.117. The summed E-state index contributed by atoms with van der Waals surface area (Å²) in [5, 5.41) is 0. The minimum absolute atomic E-state index is 0.117. The van der Waals surface area contributed by atoms with Crippen molar-refractivity contribution in [3.63, 3.8) is 0 Å². The van der Waals surface area contributed by atoms with Gasteiger partial charge in [0.25, 0.3) is 0 Å². The molecule has 0 aliphatic rings. The standard InChI is InChI=1S/C12H17N3OS/c1-9-12(17-8-14-9)7-15(2)10(6-13)11-4-3-5-16-11/h3-5,8,10H,6-7,13H2,1-2H3. The summed E-state index contributed by atoms with van der Waals surface area (Å²) in [5.74, 6) is 0.914. The van der Waals surface area contributed by atoms with Gasteiger partial charge in [-0.1, -0.05) is 0 Å². The summed E-state index contributed by atoms with van der Waals surface area (Å²) in [4.78, 5) is 7.72. The van der Waals surface area contributed by atoms with Crippen LogP contribution >= 0.6 is 11.3 Å². The molecule has 1 unspecified atom stereocenters. The van der Waals surface area contributed by atoms with E-state index in [0.717, 1.165) is 18.0 Å². The summed E-state index contributed by atoms with van der Waals surface area (Å²) in [5.41, 5.74) is 8.79. The van der Waals surface area contributed by atoms with Crippen LogP contribution in [0.4, 0.5) is 0 Å². The Morgan fingerprint density at radius 3 is 2.94 bits per heavy atom. The summed E-state index contributed by atoms with van der Waals surface area (Å²) >= 11 is 1.68. The third-order valence-corrected chi connectivity index (χ3v) is 3.78. The van der Waals surface area contributed by atoms with E-state index in [1.807, 2.05) is 24.6 Å². The van der Waals surface area contributed by atoms with Crippen LogP contribution in [0, 0.1) is 6.92 Å². The molecule has 92 valence electrons. The third-order valence-electron chi connectivity index (χ3n) is 2.86. The molecule has 0 aliphatic heterocycles. The number of furan rings is 1. The van der Waals surface area contributed by atoms with Crippen LogP contribution in [0.25, 0.3) is 0 Å². The van der Waals surface area contributed by atoms with Gasteiger partial charge in [0, 0.05) is 18.0 Å². The Bertz CT molecular complexity index is 452. The molecule has 0 saturated heterocycles. The zero-order chi connectivity index (χ0) is 12.3. The lowest BCUT2D eigenvalue weighted by atomic mass is 10.2. The number of aromatic nitrogens is 1. The molecule has 0 spiro atoms. The maximum Gasteiger partial charge on any atom is 0.122 e. The summed E-state index contributed by atoms with van der Waals surface area (Å²) in [6, 6.07) is 3.98. The zero-order valence-corrected chi connectivity index (χ0v) is 10.9. The van der Waals surface area contributed by atoms with Gasteiger partial charge in [-0.15, -0.1) is 11.3 Å². The van der Waals surface area contributed by atoms with Gasteiger partial charge in [0.05, 0.1) is 23.5 Å². The van der Waals surface area contributed by atoms with E-state index in [0.29, 0.717) is 6.54 Å². The second-order valence-corrected chi connectivity index (χ2v) is 4.98. The molecule has 0 bridgehead atoms. The van der Waals surface area contributed by atoms with E-state index in [-0.39, 0.29) is 6.04 Å². The number of rotatable bonds is 5. The Morgan fingerprint density at radius 1 is 1.59 bits per heavy atom. The second-order valence-electron chi connectivity index (χ2n) is 4.04. The van der Waals surface area contributed by atoms with E-state index in [9.17, 15) is 0 Å². The summed E-state index contributed by atoms with van der Waals surface area (Å²) in [6.45, 7) is 3.42. The molecule has 2 rings (SSSR count). The van der Waals surface area contributed by atoms with Crippen LogP contribution in [0.1, 0.15) is 22.4 Å². The van der Waals surface area contributed by atoms with Crippen LogP contribution in [-0.2, 0) is 6.54 Å². The summed E-state index contributed by atoms with van der Waals surface area (Å²) < 4.78 is 5.42. The average molecular weight is 251 g/mol. The molecule has 0 aliphatic carbocycles. The van der Waals surface area contributed by atoms with Gasteiger partial charge >= 0.3 is 0 Å². The van der Waals surface area contributed by atoms with Gasteiger partial charge in [0.2, 0.25) is 0 Å². The Hall–Kier alpha value is -1.17. The van der Waals surface area contributed by atoms with Crippen LogP contribution in [0.15, 0.2) is 28.3 Å². The molecule has 0 fully saturated rings. The molecule has 2 aromatic heterocycles. The number of aryl methyl sites for hydroxylation is 1. The lowest BCUT2D eigenvalue weighted by Crippen LogP contribution is -2.29. The maximum atomic E-state index is 5.82. The predicted molar refractivity (Wildman–Crippen MR) is 68.8 cm³/mol. The van der Waals surface area contributed by atoms with Gasteiger partial charge in [0.15, 0.2) is 0 Å². The monoisotopic (exact) mass is 251 g/mol. The minimum Gasteiger partial charge on any atom is -0.468 e. The highest BCUT2D eigenvalue weighted by Crippen LogP contribution is 2.23. The first-order valence-corrected chi connectivity index (χ1v) is 6.43. The van der Waals surface area contributed by atoms with E-state index in [1.54, 1.807) is 17.6 Å². The van der Waals surface area contributed by atoms with Gasteiger partial charge < -0.3 is 10.2 Å². The molecule has 2 heterocycles. The lowest BCUT2D eigenvalue weighted by molar-refractivity contribution is 0.214. The van der Waals surface area contributed by atoms with Crippen molar-refractivity contribution < 1.29 is 4.42 Å². The molecule has 0 amide bonds. The van der Waals surface area contributed by atoms with Gasteiger partial charge in [-0.25, -0.2) is 4.98 Å². The fourth-order valence-corrected chi connectivity index (χ4v) is 2.65. The topological polar surface area (TPSA) is 55.3 Å². The molecule has 4 nitrogen and oxygen atoms in total. The fourth-order valence-electron chi connectivity index (χ4n) is 1.81. The molecular formula is C12H17N3OS. The third kappa shape index (κ3) is 2.74. The fraction of sp³-hybridized carbons (Fsp3) is 0.417. The molecule has 0 radical (unpaired) electrons. The van der Waals surface area contributed by atoms with Crippen molar-refractivity contribution in [2.45, 2.75) is 19.5 Å². The van der Waals surface area contributed by atoms with E-state index < -0.39 is 0 Å². The summed E-state index contributed by atoms with van der Waals surface area (Å²) in [6.07, 6.45) is 1.68. The smallest absolute Gasteiger partial charge is 0.122 e. The Balaban J connectivity index is 2.08. The van der Waals surface area contributed by atoms with Gasteiger partial charge in [-0.05, 0) is 26.1 Å². The lowest BCUT2D eigenvalue weighted by Gasteiger charge is -2.24. The highest BCUT2D eigenvalue weighted by Gasteiger charge is 2.19. The van der Waals surface area contributed by atoms with Crippen LogP contribution in [0.2, 0.25) is 0 Å². The number of hydrogen-bond donors (Lipinski definition) is 1. The summed E-state index contributed by atoms with van der Waals surface area (Å²) in [7, 11) is 2.05.